The molecule has 0 aliphatic heterocycles. The van der Waals surface area contributed by atoms with Crippen LogP contribution in [0.5, 0.6) is 34.5 Å². The molecule has 4 aromatic carbocycles. The van der Waals surface area contributed by atoms with Gasteiger partial charge in [-0.05, 0) is 110 Å². The highest BCUT2D eigenvalue weighted by atomic mass is 16.6. The standard InChI is InChI=1S/C54H70O10/c1-3-5-7-9-11-13-15-17-19-21-41-59-45-27-23-43(24-28-45)53(57)63-49-35-31-47(32-36-49)61-51(55)39-40-52(56)62-48-33-37-50(38-34-48)64-54(58)44-25-29-46(30-26-44)60-42-22-20-18-16-14-12-10-8-6-4-2/h23-38H,3-22,39-42H2,1-2H3. The number of hydrogen-bond acceptors (Lipinski definition) is 10. The Bertz CT molecular complexity index is 1760. The van der Waals surface area contributed by atoms with E-state index in [4.69, 9.17) is 28.4 Å². The van der Waals surface area contributed by atoms with Crippen molar-refractivity contribution in [1.29, 1.82) is 0 Å². The Morgan fingerprint density at radius 3 is 0.859 bits per heavy atom. The van der Waals surface area contributed by atoms with Gasteiger partial charge >= 0.3 is 23.9 Å². The maximum atomic E-state index is 12.7. The first-order chi connectivity index (χ1) is 31.3. The molecule has 0 spiro atoms. The fourth-order valence-electron chi connectivity index (χ4n) is 6.99. The van der Waals surface area contributed by atoms with Crippen molar-refractivity contribution in [3.8, 4) is 34.5 Å². The van der Waals surface area contributed by atoms with Crippen LogP contribution in [0.3, 0.4) is 0 Å². The van der Waals surface area contributed by atoms with Crippen LogP contribution in [0.4, 0.5) is 0 Å². The third-order valence-corrected chi connectivity index (χ3v) is 10.8. The van der Waals surface area contributed by atoms with Crippen LogP contribution >= 0.6 is 0 Å². The van der Waals surface area contributed by atoms with Gasteiger partial charge in [0, 0.05) is 0 Å². The van der Waals surface area contributed by atoms with Gasteiger partial charge in [0.05, 0.1) is 37.2 Å². The van der Waals surface area contributed by atoms with Gasteiger partial charge in [0.1, 0.15) is 34.5 Å². The molecule has 0 heterocycles. The molecular formula is C54H70O10. The molecule has 10 nitrogen and oxygen atoms in total. The number of unbranched alkanes of at least 4 members (excludes halogenated alkanes) is 18. The summed E-state index contributed by atoms with van der Waals surface area (Å²) in [6.45, 7) is 5.77. The molecule has 0 aromatic heterocycles. The van der Waals surface area contributed by atoms with E-state index in [2.05, 4.69) is 13.8 Å². The third kappa shape index (κ3) is 21.6. The Kier molecular flexibility index (Phi) is 24.9. The lowest BCUT2D eigenvalue weighted by molar-refractivity contribution is -0.140. The number of hydrogen-bond donors (Lipinski definition) is 0. The van der Waals surface area contributed by atoms with Gasteiger partial charge in [-0.25, -0.2) is 9.59 Å². The van der Waals surface area contributed by atoms with E-state index in [9.17, 15) is 19.2 Å². The highest BCUT2D eigenvalue weighted by Gasteiger charge is 2.14. The summed E-state index contributed by atoms with van der Waals surface area (Å²) in [5.74, 6) is 0.128. The molecule has 4 aromatic rings. The van der Waals surface area contributed by atoms with E-state index in [0.29, 0.717) is 35.8 Å². The van der Waals surface area contributed by atoms with Crippen molar-refractivity contribution in [3.63, 3.8) is 0 Å². The smallest absolute Gasteiger partial charge is 0.343 e. The zero-order chi connectivity index (χ0) is 45.5. The normalized spacial score (nSPS) is 10.8. The summed E-state index contributed by atoms with van der Waals surface area (Å²) in [5.41, 5.74) is 0.760. The number of esters is 4. The van der Waals surface area contributed by atoms with Gasteiger partial charge in [0.25, 0.3) is 0 Å². The van der Waals surface area contributed by atoms with Gasteiger partial charge in [-0.15, -0.1) is 0 Å². The van der Waals surface area contributed by atoms with Crippen molar-refractivity contribution in [1.82, 2.24) is 0 Å². The molecule has 0 aliphatic carbocycles. The van der Waals surface area contributed by atoms with E-state index < -0.39 is 23.9 Å². The van der Waals surface area contributed by atoms with Crippen LogP contribution in [0.15, 0.2) is 97.1 Å². The maximum Gasteiger partial charge on any atom is 0.343 e. The van der Waals surface area contributed by atoms with Gasteiger partial charge in [0.15, 0.2) is 0 Å². The molecule has 0 fully saturated rings. The fourth-order valence-corrected chi connectivity index (χ4v) is 6.99. The third-order valence-electron chi connectivity index (χ3n) is 10.8. The molecule has 10 heteroatoms. The highest BCUT2D eigenvalue weighted by Crippen LogP contribution is 2.23. The molecule has 0 saturated heterocycles. The first-order valence-corrected chi connectivity index (χ1v) is 23.8. The largest absolute Gasteiger partial charge is 0.494 e. The second-order valence-corrected chi connectivity index (χ2v) is 16.3. The summed E-state index contributed by atoms with van der Waals surface area (Å²) in [4.78, 5) is 50.3. The van der Waals surface area contributed by atoms with Crippen molar-refractivity contribution < 1.29 is 47.6 Å². The minimum Gasteiger partial charge on any atom is -0.494 e. The Balaban J connectivity index is 1.05. The zero-order valence-electron chi connectivity index (χ0n) is 38.3. The van der Waals surface area contributed by atoms with Crippen LogP contribution in [0, 0.1) is 0 Å². The molecule has 0 aliphatic rings. The van der Waals surface area contributed by atoms with Crippen LogP contribution in [0.2, 0.25) is 0 Å². The number of rotatable bonds is 33. The highest BCUT2D eigenvalue weighted by molar-refractivity contribution is 5.91. The Morgan fingerprint density at radius 2 is 0.562 bits per heavy atom. The number of carbonyl (C=O) groups excluding carboxylic acids is 4. The Hall–Kier alpha value is -5.64. The summed E-state index contributed by atoms with van der Waals surface area (Å²) in [6, 6.07) is 25.8. The monoisotopic (exact) mass is 878 g/mol. The minimum absolute atomic E-state index is 0.215. The zero-order valence-corrected chi connectivity index (χ0v) is 38.3. The van der Waals surface area contributed by atoms with Crippen LogP contribution in [-0.4, -0.2) is 37.1 Å². The maximum absolute atomic E-state index is 12.7. The predicted molar refractivity (Wildman–Crippen MR) is 251 cm³/mol. The average Bonchev–Trinajstić information content (AvgIpc) is 3.31. The van der Waals surface area contributed by atoms with Gasteiger partial charge in [0.2, 0.25) is 0 Å². The first-order valence-electron chi connectivity index (χ1n) is 23.8. The van der Waals surface area contributed by atoms with Crippen molar-refractivity contribution in [3.05, 3.63) is 108 Å². The Morgan fingerprint density at radius 1 is 0.312 bits per heavy atom. The first kappa shape index (κ1) is 51.0. The van der Waals surface area contributed by atoms with E-state index in [-0.39, 0.29) is 35.8 Å². The van der Waals surface area contributed by atoms with E-state index in [1.165, 1.54) is 151 Å². The van der Waals surface area contributed by atoms with Crippen LogP contribution in [-0.2, 0) is 9.59 Å². The molecule has 4 rings (SSSR count). The van der Waals surface area contributed by atoms with Crippen LogP contribution < -0.4 is 28.4 Å². The Labute approximate surface area is 381 Å². The van der Waals surface area contributed by atoms with E-state index in [0.717, 1.165) is 25.7 Å². The molecule has 0 amide bonds. The fraction of sp³-hybridized carbons (Fsp3) is 0.481. The predicted octanol–water partition coefficient (Wildman–Crippen LogP) is 14.0. The molecule has 0 bridgehead atoms. The van der Waals surface area contributed by atoms with Crippen molar-refractivity contribution in [2.24, 2.45) is 0 Å². The SMILES string of the molecule is CCCCCCCCCCCCOc1ccc(C(=O)Oc2ccc(OC(=O)CCC(=O)Oc3ccc(OC(=O)c4ccc(OCCCCCCCCCCCC)cc4)cc3)cc2)cc1. The van der Waals surface area contributed by atoms with E-state index in [1.807, 2.05) is 0 Å². The molecule has 0 atom stereocenters. The topological polar surface area (TPSA) is 124 Å². The van der Waals surface area contributed by atoms with E-state index >= 15 is 0 Å². The summed E-state index contributed by atoms with van der Waals surface area (Å²) < 4.78 is 33.3. The lowest BCUT2D eigenvalue weighted by Crippen LogP contribution is -2.14. The molecule has 64 heavy (non-hydrogen) atoms. The summed E-state index contributed by atoms with van der Waals surface area (Å²) in [5, 5.41) is 0. The number of carbonyl (C=O) groups is 4. The minimum atomic E-state index is -0.631. The molecule has 0 unspecified atom stereocenters. The molecule has 346 valence electrons. The van der Waals surface area contributed by atoms with E-state index in [1.54, 1.807) is 48.5 Å². The quantitative estimate of drug-likeness (QED) is 0.0259. The molecular weight excluding hydrogens is 809 g/mol. The lowest BCUT2D eigenvalue weighted by atomic mass is 10.1. The van der Waals surface area contributed by atoms with Crippen molar-refractivity contribution >= 4 is 23.9 Å². The number of ether oxygens (including phenoxy) is 6. The summed E-state index contributed by atoms with van der Waals surface area (Å²) in [6.07, 6.45) is 24.9. The second kappa shape index (κ2) is 31.2. The van der Waals surface area contributed by atoms with Crippen LogP contribution in [0.1, 0.15) is 176 Å². The summed E-state index contributed by atoms with van der Waals surface area (Å²) in [7, 11) is 0. The number of benzene rings is 4. The van der Waals surface area contributed by atoms with Crippen molar-refractivity contribution in [2.75, 3.05) is 13.2 Å². The second-order valence-electron chi connectivity index (χ2n) is 16.3. The van der Waals surface area contributed by atoms with Gasteiger partial charge in [-0.3, -0.25) is 9.59 Å². The van der Waals surface area contributed by atoms with Crippen LogP contribution in [0.25, 0.3) is 0 Å². The summed E-state index contributed by atoms with van der Waals surface area (Å²) >= 11 is 0. The molecule has 0 saturated carbocycles. The molecule has 0 N–H and O–H groups in total. The van der Waals surface area contributed by atoms with Gasteiger partial charge < -0.3 is 28.4 Å². The average molecular weight is 879 g/mol. The van der Waals surface area contributed by atoms with Gasteiger partial charge in [-0.1, -0.05) is 129 Å². The lowest BCUT2D eigenvalue weighted by Gasteiger charge is -2.09. The molecule has 0 radical (unpaired) electrons. The van der Waals surface area contributed by atoms with Crippen molar-refractivity contribution in [2.45, 2.75) is 155 Å². The van der Waals surface area contributed by atoms with Gasteiger partial charge in [-0.2, -0.15) is 0 Å².